The van der Waals surface area contributed by atoms with Gasteiger partial charge in [-0.25, -0.2) is 0 Å². The first-order valence-electron chi connectivity index (χ1n) is 8.03. The van der Waals surface area contributed by atoms with Crippen LogP contribution in [0.5, 0.6) is 0 Å². The Balaban J connectivity index is 2.10. The van der Waals surface area contributed by atoms with Crippen molar-refractivity contribution in [1.82, 2.24) is 4.90 Å². The molecule has 0 aromatic heterocycles. The molecule has 1 aromatic carbocycles. The number of hydrogen-bond donors (Lipinski definition) is 1. The van der Waals surface area contributed by atoms with E-state index in [9.17, 15) is 13.2 Å². The molecule has 1 aliphatic rings. The minimum absolute atomic E-state index is 0.248. The third-order valence-corrected chi connectivity index (χ3v) is 4.52. The zero-order valence-electron chi connectivity index (χ0n) is 13.3. The number of anilines is 1. The molecular formula is C17H20F3N3S. The fourth-order valence-electron chi connectivity index (χ4n) is 2.98. The van der Waals surface area contributed by atoms with Gasteiger partial charge in [0.1, 0.15) is 0 Å². The largest absolute Gasteiger partial charge is 0.416 e. The van der Waals surface area contributed by atoms with Crippen molar-refractivity contribution in [3.63, 3.8) is 0 Å². The Kier molecular flexibility index (Phi) is 6.44. The van der Waals surface area contributed by atoms with E-state index in [1.807, 2.05) is 4.90 Å². The summed E-state index contributed by atoms with van der Waals surface area (Å²) in [5.74, 6) is 0. The lowest BCUT2D eigenvalue weighted by Gasteiger charge is -2.36. The Morgan fingerprint density at radius 2 is 2.00 bits per heavy atom. The number of nitrogens with one attached hydrogen (secondary N) is 1. The van der Waals surface area contributed by atoms with E-state index < -0.39 is 11.7 Å². The topological polar surface area (TPSA) is 39.1 Å². The SMILES string of the molecule is N#CCCN(C(=S)Nc1cccc(C(F)(F)F)c1)C1CCCCC1. The number of rotatable bonds is 4. The molecule has 130 valence electrons. The van der Waals surface area contributed by atoms with E-state index in [1.54, 1.807) is 6.07 Å². The van der Waals surface area contributed by atoms with E-state index in [2.05, 4.69) is 11.4 Å². The van der Waals surface area contributed by atoms with Crippen LogP contribution in [0.4, 0.5) is 18.9 Å². The molecule has 0 spiro atoms. The van der Waals surface area contributed by atoms with Gasteiger partial charge in [-0.2, -0.15) is 18.4 Å². The van der Waals surface area contributed by atoms with Gasteiger partial charge < -0.3 is 10.2 Å². The minimum Gasteiger partial charge on any atom is -0.345 e. The highest BCUT2D eigenvalue weighted by Crippen LogP contribution is 2.31. The molecule has 0 saturated heterocycles. The van der Waals surface area contributed by atoms with E-state index in [1.165, 1.54) is 12.5 Å². The lowest BCUT2D eigenvalue weighted by Crippen LogP contribution is -2.44. The van der Waals surface area contributed by atoms with Gasteiger partial charge in [-0.05, 0) is 43.3 Å². The molecule has 0 atom stereocenters. The Bertz CT molecular complexity index is 604. The van der Waals surface area contributed by atoms with Gasteiger partial charge in [0.25, 0.3) is 0 Å². The molecule has 0 unspecified atom stereocenters. The van der Waals surface area contributed by atoms with Crippen molar-refractivity contribution in [2.24, 2.45) is 0 Å². The van der Waals surface area contributed by atoms with Gasteiger partial charge in [0.05, 0.1) is 18.1 Å². The third kappa shape index (κ3) is 5.10. The van der Waals surface area contributed by atoms with Gasteiger partial charge in [0.15, 0.2) is 5.11 Å². The fraction of sp³-hybridized carbons (Fsp3) is 0.529. The van der Waals surface area contributed by atoms with Crippen LogP contribution in [0.25, 0.3) is 0 Å². The lowest BCUT2D eigenvalue weighted by atomic mass is 9.94. The van der Waals surface area contributed by atoms with Crippen LogP contribution in [0.15, 0.2) is 24.3 Å². The third-order valence-electron chi connectivity index (χ3n) is 4.18. The number of nitrogens with zero attached hydrogens (tertiary/aromatic N) is 2. The molecule has 7 heteroatoms. The minimum atomic E-state index is -4.39. The first kappa shape index (κ1) is 18.5. The molecule has 0 aliphatic heterocycles. The first-order chi connectivity index (χ1) is 11.4. The van der Waals surface area contributed by atoms with Crippen LogP contribution in [0.3, 0.4) is 0 Å². The van der Waals surface area contributed by atoms with Crippen molar-refractivity contribution in [1.29, 1.82) is 5.26 Å². The van der Waals surface area contributed by atoms with Crippen LogP contribution in [0.2, 0.25) is 0 Å². The van der Waals surface area contributed by atoms with Crippen molar-refractivity contribution >= 4 is 23.0 Å². The van der Waals surface area contributed by atoms with E-state index in [4.69, 9.17) is 17.5 Å². The van der Waals surface area contributed by atoms with Gasteiger partial charge in [0, 0.05) is 18.3 Å². The fourth-order valence-corrected chi connectivity index (χ4v) is 3.34. The van der Waals surface area contributed by atoms with Crippen molar-refractivity contribution in [2.75, 3.05) is 11.9 Å². The highest BCUT2D eigenvalue weighted by Gasteiger charge is 2.30. The van der Waals surface area contributed by atoms with Crippen molar-refractivity contribution in [2.45, 2.75) is 50.7 Å². The van der Waals surface area contributed by atoms with Gasteiger partial charge in [0.2, 0.25) is 0 Å². The van der Waals surface area contributed by atoms with Crippen LogP contribution in [0.1, 0.15) is 44.1 Å². The first-order valence-corrected chi connectivity index (χ1v) is 8.44. The smallest absolute Gasteiger partial charge is 0.345 e. The number of hydrogen-bond acceptors (Lipinski definition) is 2. The van der Waals surface area contributed by atoms with E-state index in [-0.39, 0.29) is 6.04 Å². The maximum absolute atomic E-state index is 12.8. The molecule has 0 bridgehead atoms. The highest BCUT2D eigenvalue weighted by molar-refractivity contribution is 7.80. The molecule has 0 radical (unpaired) electrons. The predicted octanol–water partition coefficient (Wildman–Crippen LogP) is 4.95. The summed E-state index contributed by atoms with van der Waals surface area (Å²) in [4.78, 5) is 1.96. The molecule has 1 aliphatic carbocycles. The zero-order chi connectivity index (χ0) is 17.6. The summed E-state index contributed by atoms with van der Waals surface area (Å²) in [7, 11) is 0. The average Bonchev–Trinajstić information content (AvgIpc) is 2.55. The van der Waals surface area contributed by atoms with Gasteiger partial charge in [-0.1, -0.05) is 25.3 Å². The summed E-state index contributed by atoms with van der Waals surface area (Å²) >= 11 is 5.41. The predicted molar refractivity (Wildman–Crippen MR) is 91.5 cm³/mol. The Morgan fingerprint density at radius 3 is 2.62 bits per heavy atom. The van der Waals surface area contributed by atoms with Crippen LogP contribution >= 0.6 is 12.2 Å². The molecule has 0 heterocycles. The number of halogens is 3. The molecule has 1 fully saturated rings. The Hall–Kier alpha value is -1.81. The van der Waals surface area contributed by atoms with E-state index in [0.29, 0.717) is 23.8 Å². The summed E-state index contributed by atoms with van der Waals surface area (Å²) in [6.07, 6.45) is 1.35. The number of alkyl halides is 3. The van der Waals surface area contributed by atoms with Crippen LogP contribution in [-0.2, 0) is 6.18 Å². The molecule has 3 nitrogen and oxygen atoms in total. The van der Waals surface area contributed by atoms with E-state index in [0.717, 1.165) is 37.8 Å². The zero-order valence-corrected chi connectivity index (χ0v) is 14.1. The second-order valence-electron chi connectivity index (χ2n) is 5.90. The van der Waals surface area contributed by atoms with Crippen molar-refractivity contribution in [3.05, 3.63) is 29.8 Å². The molecule has 1 aromatic rings. The summed E-state index contributed by atoms with van der Waals surface area (Å²) in [5.41, 5.74) is -0.399. The molecule has 24 heavy (non-hydrogen) atoms. The number of nitriles is 1. The standard InChI is InChI=1S/C17H20F3N3S/c18-17(19,20)13-6-4-7-14(12-13)22-16(24)23(11-5-10-21)15-8-2-1-3-9-15/h4,6-7,12,15H,1-3,5,8-9,11H2,(H,22,24). The molecule has 1 N–H and O–H groups in total. The van der Waals surface area contributed by atoms with Gasteiger partial charge in [-0.15, -0.1) is 0 Å². The summed E-state index contributed by atoms with van der Waals surface area (Å²) in [6, 6.07) is 7.35. The van der Waals surface area contributed by atoms with E-state index >= 15 is 0 Å². The second kappa shape index (κ2) is 8.34. The lowest BCUT2D eigenvalue weighted by molar-refractivity contribution is -0.137. The maximum atomic E-state index is 12.8. The molecule has 2 rings (SSSR count). The second-order valence-corrected chi connectivity index (χ2v) is 6.29. The van der Waals surface area contributed by atoms with Crippen LogP contribution in [-0.4, -0.2) is 22.6 Å². The number of thiocarbonyl (C=S) groups is 1. The Labute approximate surface area is 145 Å². The normalized spacial score (nSPS) is 15.6. The van der Waals surface area contributed by atoms with Crippen molar-refractivity contribution < 1.29 is 13.2 Å². The molecule has 1 saturated carbocycles. The molecular weight excluding hydrogens is 335 g/mol. The summed E-state index contributed by atoms with van der Waals surface area (Å²) in [6.45, 7) is 0.492. The van der Waals surface area contributed by atoms with Gasteiger partial charge in [-0.3, -0.25) is 0 Å². The van der Waals surface area contributed by atoms with Gasteiger partial charge >= 0.3 is 6.18 Å². The summed E-state index contributed by atoms with van der Waals surface area (Å²) in [5, 5.41) is 12.1. The van der Waals surface area contributed by atoms with Crippen LogP contribution < -0.4 is 5.32 Å². The molecule has 0 amide bonds. The Morgan fingerprint density at radius 1 is 1.29 bits per heavy atom. The quantitative estimate of drug-likeness (QED) is 0.776. The maximum Gasteiger partial charge on any atom is 0.416 e. The highest BCUT2D eigenvalue weighted by atomic mass is 32.1. The van der Waals surface area contributed by atoms with Crippen LogP contribution in [0, 0.1) is 11.3 Å². The van der Waals surface area contributed by atoms with Crippen molar-refractivity contribution in [3.8, 4) is 6.07 Å². The monoisotopic (exact) mass is 355 g/mol. The number of benzene rings is 1. The average molecular weight is 355 g/mol. The summed E-state index contributed by atoms with van der Waals surface area (Å²) < 4.78 is 38.4.